The smallest absolute Gasteiger partial charge is 0.331 e. The zero-order valence-corrected chi connectivity index (χ0v) is 20.6. The van der Waals surface area contributed by atoms with Crippen LogP contribution < -0.4 is 5.32 Å². The first kappa shape index (κ1) is 23.8. The molecule has 5 nitrogen and oxygen atoms in total. The normalized spacial score (nSPS) is 29.3. The van der Waals surface area contributed by atoms with Gasteiger partial charge in [-0.15, -0.1) is 0 Å². The van der Waals surface area contributed by atoms with Crippen molar-refractivity contribution in [2.75, 3.05) is 0 Å². The minimum atomic E-state index is -0.719. The monoisotopic (exact) mass is 473 g/mol. The summed E-state index contributed by atoms with van der Waals surface area (Å²) in [6.07, 6.45) is 7.94. The summed E-state index contributed by atoms with van der Waals surface area (Å²) >= 11 is 0. The number of carbonyl (C=O) groups is 2. The second kappa shape index (κ2) is 9.27. The highest BCUT2D eigenvalue weighted by atomic mass is 16.5. The molecule has 0 aliphatic heterocycles. The molecular weight excluding hydrogens is 438 g/mol. The van der Waals surface area contributed by atoms with E-state index in [9.17, 15) is 14.7 Å². The van der Waals surface area contributed by atoms with Crippen LogP contribution >= 0.6 is 0 Å². The van der Waals surface area contributed by atoms with Crippen molar-refractivity contribution in [1.29, 1.82) is 0 Å². The second-order valence-electron chi connectivity index (χ2n) is 11.4. The summed E-state index contributed by atoms with van der Waals surface area (Å²) in [5.41, 5.74) is 1.46. The zero-order chi connectivity index (χ0) is 24.6. The summed E-state index contributed by atoms with van der Waals surface area (Å²) in [6.45, 7) is 4.13. The maximum absolute atomic E-state index is 13.5. The van der Waals surface area contributed by atoms with Gasteiger partial charge in [0.2, 0.25) is 5.91 Å². The van der Waals surface area contributed by atoms with Crippen LogP contribution in [0.1, 0.15) is 62.6 Å². The van der Waals surface area contributed by atoms with Gasteiger partial charge < -0.3 is 15.2 Å². The number of ether oxygens (including phenoxy) is 1. The highest BCUT2D eigenvalue weighted by Crippen LogP contribution is 2.55. The minimum absolute atomic E-state index is 0.0189. The van der Waals surface area contributed by atoms with Crippen molar-refractivity contribution in [2.45, 2.75) is 69.6 Å². The van der Waals surface area contributed by atoms with Crippen LogP contribution in [0.3, 0.4) is 0 Å². The molecule has 2 aromatic carbocycles. The number of nitrogens with one attached hydrogen (secondary N) is 1. The van der Waals surface area contributed by atoms with Crippen LogP contribution in [0.2, 0.25) is 0 Å². The SMILES string of the molecule is CC(C)(C(=O)N[C@H]1[C@@H]2CC3C[C@H]1C[C@@](O)(C3)C2)c1cccc(/C=C/C(=O)OCc2ccccc2)c1. The molecule has 2 N–H and O–H groups in total. The summed E-state index contributed by atoms with van der Waals surface area (Å²) in [5.74, 6) is 0.982. The van der Waals surface area contributed by atoms with Gasteiger partial charge in [0.05, 0.1) is 11.0 Å². The molecule has 0 saturated heterocycles. The molecule has 184 valence electrons. The van der Waals surface area contributed by atoms with Gasteiger partial charge in [-0.2, -0.15) is 0 Å². The summed E-state index contributed by atoms with van der Waals surface area (Å²) in [4.78, 5) is 25.6. The van der Waals surface area contributed by atoms with Crippen molar-refractivity contribution in [2.24, 2.45) is 17.8 Å². The molecule has 4 saturated carbocycles. The third-order valence-electron chi connectivity index (χ3n) is 8.35. The Hall–Kier alpha value is -2.92. The molecule has 0 radical (unpaired) electrons. The average molecular weight is 474 g/mol. The topological polar surface area (TPSA) is 75.6 Å². The molecule has 0 heterocycles. The molecule has 0 spiro atoms. The third kappa shape index (κ3) is 5.06. The van der Waals surface area contributed by atoms with Gasteiger partial charge in [0.1, 0.15) is 6.61 Å². The molecule has 4 aliphatic carbocycles. The van der Waals surface area contributed by atoms with Gasteiger partial charge in [-0.1, -0.05) is 54.6 Å². The Labute approximate surface area is 207 Å². The van der Waals surface area contributed by atoms with Gasteiger partial charge in [-0.05, 0) is 86.5 Å². The van der Waals surface area contributed by atoms with E-state index in [2.05, 4.69) is 5.32 Å². The molecule has 5 atom stereocenters. The van der Waals surface area contributed by atoms with Gasteiger partial charge in [-0.25, -0.2) is 4.79 Å². The predicted molar refractivity (Wildman–Crippen MR) is 135 cm³/mol. The molecule has 0 aromatic heterocycles. The minimum Gasteiger partial charge on any atom is -0.458 e. The first-order chi connectivity index (χ1) is 16.7. The Bertz CT molecular complexity index is 1110. The highest BCUT2D eigenvalue weighted by molar-refractivity contribution is 5.89. The fourth-order valence-electron chi connectivity index (χ4n) is 6.65. The molecule has 4 aliphatic rings. The molecule has 2 aromatic rings. The van der Waals surface area contributed by atoms with E-state index >= 15 is 0 Å². The van der Waals surface area contributed by atoms with Gasteiger partial charge in [-0.3, -0.25) is 4.79 Å². The molecular formula is C30H35NO4. The van der Waals surface area contributed by atoms with E-state index in [-0.39, 0.29) is 18.6 Å². The largest absolute Gasteiger partial charge is 0.458 e. The number of rotatable bonds is 7. The third-order valence-corrected chi connectivity index (χ3v) is 8.35. The molecule has 4 bridgehead atoms. The van der Waals surface area contributed by atoms with Gasteiger partial charge in [0, 0.05) is 12.1 Å². The van der Waals surface area contributed by atoms with Crippen molar-refractivity contribution < 1.29 is 19.4 Å². The Morgan fingerprint density at radius 1 is 1.06 bits per heavy atom. The number of esters is 1. The summed E-state index contributed by atoms with van der Waals surface area (Å²) in [5, 5.41) is 14.2. The lowest BCUT2D eigenvalue weighted by molar-refractivity contribution is -0.148. The van der Waals surface area contributed by atoms with Gasteiger partial charge in [0.25, 0.3) is 0 Å². The first-order valence-electron chi connectivity index (χ1n) is 12.7. The lowest BCUT2D eigenvalue weighted by Crippen LogP contribution is -2.62. The standard InChI is InChI=1S/C30H35NO4/c1-29(2,28(33)31-27-23-13-22-14-24(27)18-30(34,16-22)17-23)25-10-6-9-20(15-25)11-12-26(32)35-19-21-7-4-3-5-8-21/h3-12,15,22-24,27,34H,13-14,16-19H2,1-2H3,(H,31,33)/b12-11+/t22?,23-,24+,27+,30-. The summed E-state index contributed by atoms with van der Waals surface area (Å²) in [6, 6.07) is 17.5. The van der Waals surface area contributed by atoms with E-state index in [1.165, 1.54) is 6.08 Å². The van der Waals surface area contributed by atoms with E-state index in [1.807, 2.05) is 68.4 Å². The molecule has 5 heteroatoms. The van der Waals surface area contributed by atoms with E-state index < -0.39 is 17.0 Å². The van der Waals surface area contributed by atoms with Gasteiger partial charge >= 0.3 is 5.97 Å². The quantitative estimate of drug-likeness (QED) is 0.448. The maximum Gasteiger partial charge on any atom is 0.331 e. The Kier molecular flexibility index (Phi) is 6.30. The molecule has 6 rings (SSSR count). The Morgan fingerprint density at radius 3 is 2.46 bits per heavy atom. The first-order valence-corrected chi connectivity index (χ1v) is 12.7. The second-order valence-corrected chi connectivity index (χ2v) is 11.4. The predicted octanol–water partition coefficient (Wildman–Crippen LogP) is 4.78. The molecule has 1 unspecified atom stereocenters. The van der Waals surface area contributed by atoms with Crippen molar-refractivity contribution in [3.63, 3.8) is 0 Å². The Balaban J connectivity index is 1.22. The number of benzene rings is 2. The van der Waals surface area contributed by atoms with Crippen LogP contribution in [0.25, 0.3) is 6.08 Å². The number of hydrogen-bond acceptors (Lipinski definition) is 4. The van der Waals surface area contributed by atoms with Crippen molar-refractivity contribution in [3.05, 3.63) is 77.4 Å². The summed E-state index contributed by atoms with van der Waals surface area (Å²) < 4.78 is 5.32. The molecule has 35 heavy (non-hydrogen) atoms. The van der Waals surface area contributed by atoms with Crippen LogP contribution in [0.15, 0.2) is 60.7 Å². The Morgan fingerprint density at radius 2 is 1.77 bits per heavy atom. The average Bonchev–Trinajstić information content (AvgIpc) is 2.83. The number of aliphatic hydroxyl groups is 1. The number of amides is 1. The van der Waals surface area contributed by atoms with Crippen molar-refractivity contribution in [1.82, 2.24) is 5.32 Å². The van der Waals surface area contributed by atoms with E-state index in [4.69, 9.17) is 4.74 Å². The summed E-state index contributed by atoms with van der Waals surface area (Å²) in [7, 11) is 0. The lowest BCUT2D eigenvalue weighted by Gasteiger charge is -2.58. The fourth-order valence-corrected chi connectivity index (χ4v) is 6.65. The van der Waals surface area contributed by atoms with E-state index in [1.54, 1.807) is 6.08 Å². The van der Waals surface area contributed by atoms with E-state index in [0.717, 1.165) is 48.8 Å². The molecule has 1 amide bonds. The number of hydrogen-bond donors (Lipinski definition) is 2. The van der Waals surface area contributed by atoms with Crippen molar-refractivity contribution in [3.8, 4) is 0 Å². The highest BCUT2D eigenvalue weighted by Gasteiger charge is 2.55. The van der Waals surface area contributed by atoms with Crippen LogP contribution in [0.4, 0.5) is 0 Å². The van der Waals surface area contributed by atoms with Crippen LogP contribution in [-0.4, -0.2) is 28.6 Å². The van der Waals surface area contributed by atoms with Crippen molar-refractivity contribution >= 4 is 18.0 Å². The maximum atomic E-state index is 13.5. The van der Waals surface area contributed by atoms with Gasteiger partial charge in [0.15, 0.2) is 0 Å². The van der Waals surface area contributed by atoms with Crippen LogP contribution in [0.5, 0.6) is 0 Å². The molecule has 4 fully saturated rings. The van der Waals surface area contributed by atoms with Crippen LogP contribution in [0, 0.1) is 17.8 Å². The fraction of sp³-hybridized carbons (Fsp3) is 0.467. The lowest BCUT2D eigenvalue weighted by atomic mass is 9.52. The number of carbonyl (C=O) groups excluding carboxylic acids is 2. The van der Waals surface area contributed by atoms with Crippen LogP contribution in [-0.2, 0) is 26.3 Å². The van der Waals surface area contributed by atoms with E-state index in [0.29, 0.717) is 17.8 Å². The zero-order valence-electron chi connectivity index (χ0n) is 20.6.